The van der Waals surface area contributed by atoms with E-state index in [1.807, 2.05) is 31.2 Å². The number of nitrogens with zero attached hydrogens (tertiary/aromatic N) is 1. The van der Waals surface area contributed by atoms with E-state index in [0.29, 0.717) is 0 Å². The quantitative estimate of drug-likeness (QED) is 0.911. The Labute approximate surface area is 107 Å². The average molecular weight is 298 g/mol. The molecule has 0 amide bonds. The first-order chi connectivity index (χ1) is 7.58. The molecule has 16 heavy (non-hydrogen) atoms. The minimum absolute atomic E-state index is 0.446. The molecule has 0 bridgehead atoms. The summed E-state index contributed by atoms with van der Waals surface area (Å²) in [5.74, 6) is 0. The van der Waals surface area contributed by atoms with Gasteiger partial charge in [-0.1, -0.05) is 28.1 Å². The smallest absolute Gasteiger partial charge is 0.123 e. The summed E-state index contributed by atoms with van der Waals surface area (Å²) in [4.78, 5) is 5.42. The molecule has 0 fully saturated rings. The van der Waals surface area contributed by atoms with Gasteiger partial charge in [0.25, 0.3) is 0 Å². The van der Waals surface area contributed by atoms with Crippen LogP contribution < -0.4 is 0 Å². The van der Waals surface area contributed by atoms with Gasteiger partial charge in [0.2, 0.25) is 0 Å². The number of hydrogen-bond donors (Lipinski definition) is 1. The number of rotatable bonds is 2. The molecule has 2 rings (SSSR count). The maximum atomic E-state index is 9.58. The van der Waals surface area contributed by atoms with Crippen LogP contribution in [0.1, 0.15) is 23.6 Å². The fraction of sp³-hybridized carbons (Fsp3) is 0.250. The number of thiazole rings is 1. The van der Waals surface area contributed by atoms with Crippen LogP contribution in [0.15, 0.2) is 28.7 Å². The van der Waals surface area contributed by atoms with Crippen LogP contribution >= 0.6 is 27.3 Å². The summed E-state index contributed by atoms with van der Waals surface area (Å²) in [5.41, 5.74) is 1.99. The van der Waals surface area contributed by atoms with Crippen molar-refractivity contribution in [3.05, 3.63) is 39.3 Å². The third kappa shape index (κ3) is 2.34. The van der Waals surface area contributed by atoms with Gasteiger partial charge in [0.05, 0.1) is 16.7 Å². The van der Waals surface area contributed by atoms with Crippen LogP contribution in [0.5, 0.6) is 0 Å². The second kappa shape index (κ2) is 4.65. The molecule has 0 spiro atoms. The van der Waals surface area contributed by atoms with Crippen LogP contribution in [0.2, 0.25) is 0 Å². The Balaban J connectivity index is 2.45. The van der Waals surface area contributed by atoms with Gasteiger partial charge < -0.3 is 5.11 Å². The van der Waals surface area contributed by atoms with Gasteiger partial charge in [-0.2, -0.15) is 0 Å². The topological polar surface area (TPSA) is 33.1 Å². The number of aliphatic hydroxyl groups excluding tert-OH is 1. The van der Waals surface area contributed by atoms with E-state index in [2.05, 4.69) is 20.9 Å². The summed E-state index contributed by atoms with van der Waals surface area (Å²) in [7, 11) is 0. The SMILES string of the molecule is Cc1nc(-c2cccc(Br)c2)sc1C(C)O. The summed E-state index contributed by atoms with van der Waals surface area (Å²) in [6.07, 6.45) is -0.446. The first kappa shape index (κ1) is 11.8. The Bertz CT molecular complexity index is 507. The van der Waals surface area contributed by atoms with Gasteiger partial charge >= 0.3 is 0 Å². The number of halogens is 1. The predicted octanol–water partition coefficient (Wildman–Crippen LogP) is 3.93. The maximum Gasteiger partial charge on any atom is 0.123 e. The molecule has 0 saturated heterocycles. The molecule has 0 saturated carbocycles. The second-order valence-corrected chi connectivity index (χ2v) is 5.60. The van der Waals surface area contributed by atoms with Crippen molar-refractivity contribution in [3.63, 3.8) is 0 Å². The Morgan fingerprint density at radius 2 is 2.19 bits per heavy atom. The Kier molecular flexibility index (Phi) is 3.42. The molecule has 0 aliphatic heterocycles. The van der Waals surface area contributed by atoms with E-state index in [0.717, 1.165) is 25.6 Å². The van der Waals surface area contributed by atoms with Crippen LogP contribution in [0, 0.1) is 6.92 Å². The van der Waals surface area contributed by atoms with E-state index >= 15 is 0 Å². The zero-order valence-electron chi connectivity index (χ0n) is 9.07. The van der Waals surface area contributed by atoms with Crippen molar-refractivity contribution in [1.29, 1.82) is 0 Å². The van der Waals surface area contributed by atoms with Gasteiger partial charge in [-0.15, -0.1) is 11.3 Å². The molecule has 1 aromatic heterocycles. The highest BCUT2D eigenvalue weighted by Gasteiger charge is 2.13. The molecular formula is C12H12BrNOS. The van der Waals surface area contributed by atoms with Crippen LogP contribution in [-0.4, -0.2) is 10.1 Å². The van der Waals surface area contributed by atoms with Gasteiger partial charge in [0.15, 0.2) is 0 Å². The van der Waals surface area contributed by atoms with Gasteiger partial charge in [-0.05, 0) is 26.0 Å². The zero-order valence-corrected chi connectivity index (χ0v) is 11.5. The van der Waals surface area contributed by atoms with Gasteiger partial charge in [0, 0.05) is 10.0 Å². The van der Waals surface area contributed by atoms with E-state index in [-0.39, 0.29) is 0 Å². The molecule has 2 aromatic rings. The van der Waals surface area contributed by atoms with Crippen LogP contribution in [0.4, 0.5) is 0 Å². The largest absolute Gasteiger partial charge is 0.388 e. The first-order valence-electron chi connectivity index (χ1n) is 4.99. The molecule has 1 unspecified atom stereocenters. The number of benzene rings is 1. The summed E-state index contributed by atoms with van der Waals surface area (Å²) >= 11 is 4.99. The van der Waals surface area contributed by atoms with Crippen molar-refractivity contribution in [2.24, 2.45) is 0 Å². The molecule has 2 nitrogen and oxygen atoms in total. The van der Waals surface area contributed by atoms with Crippen molar-refractivity contribution in [3.8, 4) is 10.6 Å². The lowest BCUT2D eigenvalue weighted by Crippen LogP contribution is -1.88. The molecule has 84 valence electrons. The summed E-state index contributed by atoms with van der Waals surface area (Å²) in [5, 5.41) is 10.5. The van der Waals surface area contributed by atoms with Gasteiger partial charge in [0.1, 0.15) is 5.01 Å². The van der Waals surface area contributed by atoms with E-state index in [1.54, 1.807) is 18.3 Å². The minimum Gasteiger partial charge on any atom is -0.388 e. The molecular weight excluding hydrogens is 286 g/mol. The van der Waals surface area contributed by atoms with Crippen molar-refractivity contribution in [1.82, 2.24) is 4.98 Å². The lowest BCUT2D eigenvalue weighted by atomic mass is 10.2. The summed E-state index contributed by atoms with van der Waals surface area (Å²) in [6, 6.07) is 8.02. The van der Waals surface area contributed by atoms with E-state index in [9.17, 15) is 5.11 Å². The monoisotopic (exact) mass is 297 g/mol. The Morgan fingerprint density at radius 3 is 2.75 bits per heavy atom. The normalized spacial score (nSPS) is 12.8. The molecule has 1 atom stereocenters. The van der Waals surface area contributed by atoms with Gasteiger partial charge in [-0.3, -0.25) is 0 Å². The van der Waals surface area contributed by atoms with Crippen LogP contribution in [0.3, 0.4) is 0 Å². The number of aliphatic hydroxyl groups is 1. The third-order valence-electron chi connectivity index (χ3n) is 2.28. The van der Waals surface area contributed by atoms with Crippen molar-refractivity contribution in [2.75, 3.05) is 0 Å². The first-order valence-corrected chi connectivity index (χ1v) is 6.60. The second-order valence-electron chi connectivity index (χ2n) is 3.65. The number of hydrogen-bond acceptors (Lipinski definition) is 3. The van der Waals surface area contributed by atoms with E-state index in [4.69, 9.17) is 0 Å². The van der Waals surface area contributed by atoms with Gasteiger partial charge in [-0.25, -0.2) is 4.98 Å². The third-order valence-corrected chi connectivity index (χ3v) is 4.15. The van der Waals surface area contributed by atoms with Crippen LogP contribution in [0.25, 0.3) is 10.6 Å². The highest BCUT2D eigenvalue weighted by atomic mass is 79.9. The lowest BCUT2D eigenvalue weighted by molar-refractivity contribution is 0.202. The molecule has 0 radical (unpaired) electrons. The number of aryl methyl sites for hydroxylation is 1. The highest BCUT2D eigenvalue weighted by molar-refractivity contribution is 9.10. The molecule has 1 aromatic carbocycles. The molecule has 4 heteroatoms. The summed E-state index contributed by atoms with van der Waals surface area (Å²) in [6.45, 7) is 3.70. The average Bonchev–Trinajstić information content (AvgIpc) is 2.60. The zero-order chi connectivity index (χ0) is 11.7. The fourth-order valence-corrected chi connectivity index (χ4v) is 2.94. The molecule has 1 heterocycles. The number of aromatic nitrogens is 1. The Morgan fingerprint density at radius 1 is 1.44 bits per heavy atom. The fourth-order valence-electron chi connectivity index (χ4n) is 1.54. The van der Waals surface area contributed by atoms with Crippen molar-refractivity contribution >= 4 is 27.3 Å². The molecule has 0 aliphatic rings. The molecule has 1 N–H and O–H groups in total. The minimum atomic E-state index is -0.446. The maximum absolute atomic E-state index is 9.58. The lowest BCUT2D eigenvalue weighted by Gasteiger charge is -1.99. The van der Waals surface area contributed by atoms with Crippen molar-refractivity contribution < 1.29 is 5.11 Å². The predicted molar refractivity (Wildman–Crippen MR) is 70.6 cm³/mol. The standard InChI is InChI=1S/C12H12BrNOS/c1-7-11(8(2)15)16-12(14-7)9-4-3-5-10(13)6-9/h3-6,8,15H,1-2H3. The van der Waals surface area contributed by atoms with Crippen molar-refractivity contribution in [2.45, 2.75) is 20.0 Å². The summed E-state index contributed by atoms with van der Waals surface area (Å²) < 4.78 is 1.04. The highest BCUT2D eigenvalue weighted by Crippen LogP contribution is 2.32. The van der Waals surface area contributed by atoms with E-state index < -0.39 is 6.10 Å². The Hall–Kier alpha value is -0.710. The molecule has 0 aliphatic carbocycles. The van der Waals surface area contributed by atoms with Crippen LogP contribution in [-0.2, 0) is 0 Å². The van der Waals surface area contributed by atoms with E-state index in [1.165, 1.54) is 0 Å².